The topological polar surface area (TPSA) is 76.9 Å². The van der Waals surface area contributed by atoms with Gasteiger partial charge >= 0.3 is 0 Å². The number of rotatable bonds is 10. The summed E-state index contributed by atoms with van der Waals surface area (Å²) in [7, 11) is 1.61. The van der Waals surface area contributed by atoms with Gasteiger partial charge in [-0.05, 0) is 55.7 Å². The van der Waals surface area contributed by atoms with Crippen molar-refractivity contribution in [1.82, 2.24) is 9.55 Å². The van der Waals surface area contributed by atoms with E-state index in [-0.39, 0.29) is 31.0 Å². The first-order valence-corrected chi connectivity index (χ1v) is 13.8. The number of carbonyl (C=O) groups is 2. The molecule has 1 aliphatic heterocycles. The van der Waals surface area contributed by atoms with Crippen LogP contribution in [0.2, 0.25) is 0 Å². The standard InChI is InChI=1S/C32H36N4O4/c1-5-23-13-11-12-22(3)31(23)36(21-40-6-2)30(38)20-35-26-15-8-7-14-25(26)33-32(35)24-18-29(37)34(19-24)27-16-9-10-17-28(27)39-4/h7-17,24H,5-6,18-21H2,1-4H3. The van der Waals surface area contributed by atoms with Crippen molar-refractivity contribution < 1.29 is 19.1 Å². The second-order valence-corrected chi connectivity index (χ2v) is 10.0. The van der Waals surface area contributed by atoms with Crippen LogP contribution in [-0.2, 0) is 27.3 Å². The molecule has 1 fully saturated rings. The number of ether oxygens (including phenoxy) is 2. The summed E-state index contributed by atoms with van der Waals surface area (Å²) in [5, 5.41) is 0. The normalized spacial score (nSPS) is 15.2. The SMILES string of the molecule is CCOCN(C(=O)Cn1c(C2CC(=O)N(c3ccccc3OC)C2)nc2ccccc21)c1c(C)cccc1CC. The number of anilines is 2. The molecule has 40 heavy (non-hydrogen) atoms. The van der Waals surface area contributed by atoms with Gasteiger partial charge in [-0.25, -0.2) is 4.98 Å². The van der Waals surface area contributed by atoms with Crippen LogP contribution in [0.4, 0.5) is 11.4 Å². The predicted molar refractivity (Wildman–Crippen MR) is 157 cm³/mol. The van der Waals surface area contributed by atoms with Crippen LogP contribution in [0.15, 0.2) is 66.7 Å². The van der Waals surface area contributed by atoms with Crippen LogP contribution in [-0.4, -0.2) is 48.4 Å². The molecule has 3 aromatic carbocycles. The number of hydrogen-bond acceptors (Lipinski definition) is 5. The number of carbonyl (C=O) groups excluding carboxylic acids is 2. The number of para-hydroxylation sites is 5. The Balaban J connectivity index is 1.51. The Bertz CT molecular complexity index is 1530. The van der Waals surface area contributed by atoms with Crippen LogP contribution in [0.5, 0.6) is 5.75 Å². The van der Waals surface area contributed by atoms with E-state index in [2.05, 4.69) is 13.0 Å². The van der Waals surface area contributed by atoms with Gasteiger partial charge in [0, 0.05) is 25.5 Å². The molecular weight excluding hydrogens is 504 g/mol. The monoisotopic (exact) mass is 540 g/mol. The highest BCUT2D eigenvalue weighted by Crippen LogP contribution is 2.37. The lowest BCUT2D eigenvalue weighted by Crippen LogP contribution is -2.37. The van der Waals surface area contributed by atoms with E-state index in [1.165, 1.54) is 0 Å². The van der Waals surface area contributed by atoms with Gasteiger partial charge < -0.3 is 18.9 Å². The Labute approximate surface area is 235 Å². The zero-order valence-electron chi connectivity index (χ0n) is 23.6. The summed E-state index contributed by atoms with van der Waals surface area (Å²) >= 11 is 0. The first kappa shape index (κ1) is 27.4. The number of fused-ring (bicyclic) bond motifs is 1. The molecule has 2 heterocycles. The molecule has 1 unspecified atom stereocenters. The second-order valence-electron chi connectivity index (χ2n) is 10.0. The lowest BCUT2D eigenvalue weighted by molar-refractivity contribution is -0.120. The Morgan fingerprint density at radius 3 is 2.60 bits per heavy atom. The summed E-state index contributed by atoms with van der Waals surface area (Å²) in [4.78, 5) is 35.8. The molecule has 1 aromatic heterocycles. The van der Waals surface area contributed by atoms with Crippen molar-refractivity contribution in [2.75, 3.05) is 36.8 Å². The van der Waals surface area contributed by atoms with E-state index in [9.17, 15) is 9.59 Å². The quantitative estimate of drug-likeness (QED) is 0.250. The molecule has 0 radical (unpaired) electrons. The van der Waals surface area contributed by atoms with Crippen LogP contribution in [0, 0.1) is 6.92 Å². The van der Waals surface area contributed by atoms with Crippen LogP contribution in [0.25, 0.3) is 11.0 Å². The lowest BCUT2D eigenvalue weighted by Gasteiger charge is -2.27. The van der Waals surface area contributed by atoms with Crippen molar-refractivity contribution in [3.05, 3.63) is 83.7 Å². The molecule has 0 N–H and O–H groups in total. The van der Waals surface area contributed by atoms with Gasteiger partial charge in [-0.15, -0.1) is 0 Å². The first-order chi connectivity index (χ1) is 19.5. The van der Waals surface area contributed by atoms with Crippen molar-refractivity contribution in [2.45, 2.75) is 46.1 Å². The summed E-state index contributed by atoms with van der Waals surface area (Å²) in [5.74, 6) is 1.12. The fourth-order valence-corrected chi connectivity index (χ4v) is 5.59. The van der Waals surface area contributed by atoms with Crippen molar-refractivity contribution in [3.8, 4) is 5.75 Å². The van der Waals surface area contributed by atoms with Crippen LogP contribution >= 0.6 is 0 Å². The van der Waals surface area contributed by atoms with E-state index in [4.69, 9.17) is 14.5 Å². The second kappa shape index (κ2) is 11.9. The Morgan fingerprint density at radius 1 is 1.05 bits per heavy atom. The van der Waals surface area contributed by atoms with E-state index >= 15 is 0 Å². The average molecular weight is 541 g/mol. The third-order valence-electron chi connectivity index (χ3n) is 7.54. The van der Waals surface area contributed by atoms with Gasteiger partial charge in [0.25, 0.3) is 0 Å². The van der Waals surface area contributed by atoms with Gasteiger partial charge in [-0.3, -0.25) is 14.5 Å². The molecule has 0 bridgehead atoms. The minimum atomic E-state index is -0.178. The van der Waals surface area contributed by atoms with E-state index in [0.717, 1.165) is 45.8 Å². The van der Waals surface area contributed by atoms with Gasteiger partial charge in [0.1, 0.15) is 24.8 Å². The zero-order chi connectivity index (χ0) is 28.2. The summed E-state index contributed by atoms with van der Waals surface area (Å²) in [6.45, 7) is 7.24. The molecule has 5 rings (SSSR count). The van der Waals surface area contributed by atoms with Crippen molar-refractivity contribution >= 4 is 34.2 Å². The van der Waals surface area contributed by atoms with E-state index in [1.54, 1.807) is 16.9 Å². The van der Waals surface area contributed by atoms with E-state index in [0.29, 0.717) is 25.3 Å². The van der Waals surface area contributed by atoms with Crippen LogP contribution in [0.1, 0.15) is 43.1 Å². The number of methoxy groups -OCH3 is 1. The lowest BCUT2D eigenvalue weighted by atomic mass is 10.0. The molecule has 4 aromatic rings. The molecule has 0 saturated carbocycles. The highest BCUT2D eigenvalue weighted by molar-refractivity contribution is 5.98. The fraction of sp³-hybridized carbons (Fsp3) is 0.344. The van der Waals surface area contributed by atoms with Crippen molar-refractivity contribution in [1.29, 1.82) is 0 Å². The fourth-order valence-electron chi connectivity index (χ4n) is 5.59. The maximum absolute atomic E-state index is 14.1. The molecule has 0 aliphatic carbocycles. The van der Waals surface area contributed by atoms with Crippen molar-refractivity contribution in [3.63, 3.8) is 0 Å². The number of imidazole rings is 1. The average Bonchev–Trinajstić information content (AvgIpc) is 3.54. The molecule has 0 spiro atoms. The molecular formula is C32H36N4O4. The van der Waals surface area contributed by atoms with Crippen molar-refractivity contribution in [2.24, 2.45) is 0 Å². The van der Waals surface area contributed by atoms with Gasteiger partial charge in [0.2, 0.25) is 11.8 Å². The van der Waals surface area contributed by atoms with Gasteiger partial charge in [0.15, 0.2) is 0 Å². The summed E-state index contributed by atoms with van der Waals surface area (Å²) in [6, 6.07) is 21.4. The third-order valence-corrected chi connectivity index (χ3v) is 7.54. The number of benzene rings is 3. The Kier molecular flexibility index (Phi) is 8.16. The van der Waals surface area contributed by atoms with Gasteiger partial charge in [-0.1, -0.05) is 49.4 Å². The Morgan fingerprint density at radius 2 is 1.82 bits per heavy atom. The van der Waals surface area contributed by atoms with E-state index in [1.807, 2.05) is 79.1 Å². The summed E-state index contributed by atoms with van der Waals surface area (Å²) < 4.78 is 13.3. The highest BCUT2D eigenvalue weighted by Gasteiger charge is 2.36. The minimum Gasteiger partial charge on any atom is -0.495 e. The minimum absolute atomic E-state index is 0.00454. The van der Waals surface area contributed by atoms with Crippen LogP contribution in [0.3, 0.4) is 0 Å². The molecule has 1 atom stereocenters. The number of hydrogen-bond donors (Lipinski definition) is 0. The molecule has 2 amide bonds. The number of aromatic nitrogens is 2. The van der Waals surface area contributed by atoms with Gasteiger partial charge in [-0.2, -0.15) is 0 Å². The third kappa shape index (κ3) is 5.19. The summed E-state index contributed by atoms with van der Waals surface area (Å²) in [6.07, 6.45) is 1.10. The predicted octanol–water partition coefficient (Wildman–Crippen LogP) is 5.46. The number of nitrogens with zero attached hydrogens (tertiary/aromatic N) is 4. The number of aryl methyl sites for hydroxylation is 2. The largest absolute Gasteiger partial charge is 0.495 e. The highest BCUT2D eigenvalue weighted by atomic mass is 16.5. The summed E-state index contributed by atoms with van der Waals surface area (Å²) in [5.41, 5.74) is 5.43. The smallest absolute Gasteiger partial charge is 0.248 e. The maximum atomic E-state index is 14.1. The molecule has 8 nitrogen and oxygen atoms in total. The Hall–Kier alpha value is -4.17. The maximum Gasteiger partial charge on any atom is 0.248 e. The van der Waals surface area contributed by atoms with Crippen LogP contribution < -0.4 is 14.5 Å². The molecule has 1 aliphatic rings. The number of amides is 2. The molecule has 8 heteroatoms. The zero-order valence-corrected chi connectivity index (χ0v) is 23.6. The van der Waals surface area contributed by atoms with E-state index < -0.39 is 0 Å². The molecule has 208 valence electrons. The first-order valence-electron chi connectivity index (χ1n) is 13.8. The van der Waals surface area contributed by atoms with Gasteiger partial charge in [0.05, 0.1) is 29.5 Å². The molecule has 1 saturated heterocycles.